The highest BCUT2D eigenvalue weighted by Crippen LogP contribution is 2.66. The number of aliphatic hydroxyl groups is 1. The molecule has 0 aromatic rings. The number of rotatable bonds is 6. The Morgan fingerprint density at radius 1 is 0.929 bits per heavy atom. The van der Waals surface area contributed by atoms with E-state index in [1.165, 1.54) is 31.3 Å². The molecule has 0 aromatic heterocycles. The van der Waals surface area contributed by atoms with Gasteiger partial charge in [0, 0.05) is 0 Å². The van der Waals surface area contributed by atoms with Gasteiger partial charge in [-0.25, -0.2) is 9.59 Å². The molecule has 2 saturated heterocycles. The second kappa shape index (κ2) is 11.2. The molecule has 7 heteroatoms. The van der Waals surface area contributed by atoms with Crippen molar-refractivity contribution in [3.05, 3.63) is 35.5 Å². The van der Waals surface area contributed by atoms with Gasteiger partial charge in [0.15, 0.2) is 18.5 Å². The van der Waals surface area contributed by atoms with Crippen LogP contribution in [-0.4, -0.2) is 54.4 Å². The molecule has 6 rings (SSSR count). The second-order valence-electron chi connectivity index (χ2n) is 15.0. The van der Waals surface area contributed by atoms with E-state index in [4.69, 9.17) is 18.9 Å². The van der Waals surface area contributed by atoms with Crippen molar-refractivity contribution in [2.24, 2.45) is 46.3 Å². The van der Waals surface area contributed by atoms with E-state index in [9.17, 15) is 14.7 Å². The van der Waals surface area contributed by atoms with Crippen LogP contribution in [0.4, 0.5) is 0 Å². The number of ether oxygens (including phenoxy) is 4. The summed E-state index contributed by atoms with van der Waals surface area (Å²) >= 11 is 0. The number of carbonyl (C=O) groups is 2. The second-order valence-corrected chi connectivity index (χ2v) is 15.0. The minimum atomic E-state index is -1.08. The average molecular weight is 583 g/mol. The van der Waals surface area contributed by atoms with E-state index in [0.717, 1.165) is 25.2 Å². The van der Waals surface area contributed by atoms with Gasteiger partial charge >= 0.3 is 11.9 Å². The highest BCUT2D eigenvalue weighted by Gasteiger charge is 2.57. The molecular formula is C35H50O7. The van der Waals surface area contributed by atoms with Crippen LogP contribution < -0.4 is 0 Å². The van der Waals surface area contributed by atoms with Gasteiger partial charge in [-0.2, -0.15) is 0 Å². The van der Waals surface area contributed by atoms with Gasteiger partial charge in [0.25, 0.3) is 0 Å². The molecule has 5 fully saturated rings. The van der Waals surface area contributed by atoms with Crippen LogP contribution in [0.5, 0.6) is 0 Å². The fraction of sp³-hybridized carbons (Fsp3) is 0.771. The monoisotopic (exact) mass is 582 g/mol. The number of esters is 2. The van der Waals surface area contributed by atoms with Gasteiger partial charge in [-0.3, -0.25) is 0 Å². The maximum absolute atomic E-state index is 11.9. The fourth-order valence-corrected chi connectivity index (χ4v) is 9.37. The Bertz CT molecular complexity index is 1170. The molecule has 12 atom stereocenters. The lowest BCUT2D eigenvalue weighted by Crippen LogP contribution is -2.61. The summed E-state index contributed by atoms with van der Waals surface area (Å²) in [5.74, 6) is 1.71. The van der Waals surface area contributed by atoms with Gasteiger partial charge in [-0.05, 0) is 91.3 Å². The molecule has 6 aliphatic rings. The summed E-state index contributed by atoms with van der Waals surface area (Å²) in [5, 5.41) is 10.3. The molecule has 4 aliphatic carbocycles. The molecule has 0 spiro atoms. The summed E-state index contributed by atoms with van der Waals surface area (Å²) in [4.78, 5) is 23.6. The van der Waals surface area contributed by atoms with Gasteiger partial charge in [-0.15, -0.1) is 0 Å². The highest BCUT2D eigenvalue weighted by molar-refractivity contribution is 6.30. The Labute approximate surface area is 251 Å². The van der Waals surface area contributed by atoms with Crippen molar-refractivity contribution in [3.8, 4) is 0 Å². The van der Waals surface area contributed by atoms with Crippen LogP contribution in [0.1, 0.15) is 86.5 Å². The summed E-state index contributed by atoms with van der Waals surface area (Å²) in [7, 11) is 0. The molecule has 1 N–H and O–H groups in total. The smallest absolute Gasteiger partial charge is 0.418 e. The first-order chi connectivity index (χ1) is 19.9. The zero-order valence-electron chi connectivity index (χ0n) is 26.2. The molecule has 0 unspecified atom stereocenters. The maximum Gasteiger partial charge on any atom is 0.418 e. The quantitative estimate of drug-likeness (QED) is 0.237. The van der Waals surface area contributed by atoms with Gasteiger partial charge in [0.1, 0.15) is 6.10 Å². The zero-order valence-corrected chi connectivity index (χ0v) is 26.2. The van der Waals surface area contributed by atoms with E-state index in [0.29, 0.717) is 35.0 Å². The van der Waals surface area contributed by atoms with Crippen LogP contribution in [-0.2, 0) is 28.5 Å². The number of hydrogen-bond acceptors (Lipinski definition) is 7. The minimum Gasteiger partial charge on any atom is -0.447 e. The lowest BCUT2D eigenvalue weighted by Gasteiger charge is -2.55. The van der Waals surface area contributed by atoms with Gasteiger partial charge in [-0.1, -0.05) is 77.0 Å². The number of allylic oxidation sites excluding steroid dienone is 5. The number of fused-ring (bicyclic) bond motifs is 6. The first-order valence-electron chi connectivity index (χ1n) is 16.4. The van der Waals surface area contributed by atoms with E-state index < -0.39 is 36.5 Å². The first kappa shape index (κ1) is 30.1. The van der Waals surface area contributed by atoms with Gasteiger partial charge in [0.2, 0.25) is 0 Å². The molecule has 3 saturated carbocycles. The molecular weight excluding hydrogens is 532 g/mol. The molecule has 2 aliphatic heterocycles. The predicted molar refractivity (Wildman–Crippen MR) is 158 cm³/mol. The Hall–Kier alpha value is -1.96. The van der Waals surface area contributed by atoms with Crippen LogP contribution in [0.3, 0.4) is 0 Å². The summed E-state index contributed by atoms with van der Waals surface area (Å²) in [6.07, 6.45) is 13.7. The molecule has 0 radical (unpaired) electrons. The normalized spacial score (nSPS) is 44.7. The van der Waals surface area contributed by atoms with E-state index >= 15 is 0 Å². The van der Waals surface area contributed by atoms with E-state index in [-0.39, 0.29) is 18.1 Å². The van der Waals surface area contributed by atoms with Crippen molar-refractivity contribution in [1.82, 2.24) is 0 Å². The molecule has 232 valence electrons. The largest absolute Gasteiger partial charge is 0.447 e. The van der Waals surface area contributed by atoms with Crippen molar-refractivity contribution < 1.29 is 33.6 Å². The lowest BCUT2D eigenvalue weighted by molar-refractivity contribution is -0.300. The maximum atomic E-state index is 11.9. The number of carbonyl (C=O) groups excluding carboxylic acids is 2. The third-order valence-corrected chi connectivity index (χ3v) is 12.4. The molecule has 42 heavy (non-hydrogen) atoms. The van der Waals surface area contributed by atoms with Crippen LogP contribution in [0, 0.1) is 46.3 Å². The SMILES string of the molecule is CC(C)[C@@H](C)/C=C/[C@@H](C)[C@H]1CC[C@H]2C3=CC=C4C[C@@H](O[C@H]5OC[C@@H](O)[C@@H]6OC(=O)C(=O)O[C@@H]56)CC[C@]4(C)[C@H]3CC[C@]12C. The standard InChI is InChI=1S/C35H50O7/c1-19(2)20(3)7-8-21(4)25-11-12-26-24-10-9-22-17-23(13-15-34(22,5)27(24)14-16-35(25,26)6)40-33-30-29(28(36)18-39-33)41-31(37)32(38)42-30/h7-10,19-21,23,25-30,33,36H,11-18H2,1-6H3/b8-7+/t20-,21+,23-,25+,26-,27-,28+,29-,30+,33+,34-,35+/m0/s1. The zero-order chi connectivity index (χ0) is 30.0. The van der Waals surface area contributed by atoms with E-state index in [1.54, 1.807) is 5.57 Å². The Balaban J connectivity index is 1.15. The fourth-order valence-electron chi connectivity index (χ4n) is 9.37. The van der Waals surface area contributed by atoms with Crippen LogP contribution >= 0.6 is 0 Å². The minimum absolute atomic E-state index is 0.0374. The number of aliphatic hydroxyl groups excluding tert-OH is 1. The summed E-state index contributed by atoms with van der Waals surface area (Å²) < 4.78 is 22.6. The van der Waals surface area contributed by atoms with Crippen LogP contribution in [0.15, 0.2) is 35.5 Å². The molecule has 0 amide bonds. The van der Waals surface area contributed by atoms with Crippen LogP contribution in [0.2, 0.25) is 0 Å². The third kappa shape index (κ3) is 5.01. The van der Waals surface area contributed by atoms with Gasteiger partial charge in [0.05, 0.1) is 12.7 Å². The molecule has 2 heterocycles. The van der Waals surface area contributed by atoms with Crippen molar-refractivity contribution in [2.75, 3.05) is 6.61 Å². The lowest BCUT2D eigenvalue weighted by atomic mass is 9.50. The predicted octanol–water partition coefficient (Wildman–Crippen LogP) is 5.91. The molecule has 0 aromatic carbocycles. The summed E-state index contributed by atoms with van der Waals surface area (Å²) in [6, 6.07) is 0. The van der Waals surface area contributed by atoms with Crippen molar-refractivity contribution in [1.29, 1.82) is 0 Å². The molecule has 7 nitrogen and oxygen atoms in total. The van der Waals surface area contributed by atoms with E-state index in [2.05, 4.69) is 65.8 Å². The highest BCUT2D eigenvalue weighted by atomic mass is 16.7. The third-order valence-electron chi connectivity index (χ3n) is 12.4. The Morgan fingerprint density at radius 2 is 1.67 bits per heavy atom. The van der Waals surface area contributed by atoms with Gasteiger partial charge < -0.3 is 24.1 Å². The summed E-state index contributed by atoms with van der Waals surface area (Å²) in [5.41, 5.74) is 3.60. The molecule has 0 bridgehead atoms. The topological polar surface area (TPSA) is 91.3 Å². The van der Waals surface area contributed by atoms with Crippen LogP contribution in [0.25, 0.3) is 0 Å². The van der Waals surface area contributed by atoms with E-state index in [1.807, 2.05) is 0 Å². The van der Waals surface area contributed by atoms with Crippen molar-refractivity contribution in [2.45, 2.75) is 117 Å². The Kier molecular flexibility index (Phi) is 8.02. The van der Waals surface area contributed by atoms with Crippen molar-refractivity contribution in [3.63, 3.8) is 0 Å². The first-order valence-corrected chi connectivity index (χ1v) is 16.4. The van der Waals surface area contributed by atoms with Crippen molar-refractivity contribution >= 4 is 11.9 Å². The summed E-state index contributed by atoms with van der Waals surface area (Å²) in [6.45, 7) is 14.4. The Morgan fingerprint density at radius 3 is 2.40 bits per heavy atom. The number of hydrogen-bond donors (Lipinski definition) is 1. The average Bonchev–Trinajstić information content (AvgIpc) is 3.31.